The largest absolute Gasteiger partial charge is 0.363 e. The summed E-state index contributed by atoms with van der Waals surface area (Å²) in [5.41, 5.74) is 2.82. The highest BCUT2D eigenvalue weighted by atomic mass is 14.9. The zero-order chi connectivity index (χ0) is 8.93. The van der Waals surface area contributed by atoms with Crippen molar-refractivity contribution in [1.82, 2.24) is 5.32 Å². The Morgan fingerprint density at radius 3 is 2.69 bits per heavy atom. The molecule has 0 saturated carbocycles. The van der Waals surface area contributed by atoms with Gasteiger partial charge in [-0.05, 0) is 44.6 Å². The third-order valence-electron chi connectivity index (χ3n) is 2.63. The second-order valence-corrected chi connectivity index (χ2v) is 3.76. The van der Waals surface area contributed by atoms with E-state index in [0.29, 0.717) is 0 Å². The van der Waals surface area contributed by atoms with Gasteiger partial charge in [0.1, 0.15) is 0 Å². The van der Waals surface area contributed by atoms with Gasteiger partial charge >= 0.3 is 0 Å². The molecule has 0 radical (unpaired) electrons. The van der Waals surface area contributed by atoms with Gasteiger partial charge in [0.05, 0.1) is 0 Å². The summed E-state index contributed by atoms with van der Waals surface area (Å²) in [4.78, 5) is 0. The summed E-state index contributed by atoms with van der Waals surface area (Å²) in [6, 6.07) is 0. The first-order valence-corrected chi connectivity index (χ1v) is 5.27. The Morgan fingerprint density at radius 2 is 2.00 bits per heavy atom. The normalized spacial score (nSPS) is 22.2. The average molecular weight is 175 g/mol. The lowest BCUT2D eigenvalue weighted by Gasteiger charge is -2.18. The van der Waals surface area contributed by atoms with Crippen molar-refractivity contribution in [1.29, 1.82) is 0 Å². The lowest BCUT2D eigenvalue weighted by molar-refractivity contribution is 0.658. The maximum Gasteiger partial charge on any atom is 0.0151 e. The number of rotatable bonds is 2. The van der Waals surface area contributed by atoms with Crippen LogP contribution in [-0.4, -0.2) is 0 Å². The van der Waals surface area contributed by atoms with Crippen LogP contribution in [0.5, 0.6) is 0 Å². The fraction of sp³-hybridized carbons (Fsp3) is 0.500. The van der Waals surface area contributed by atoms with Crippen LogP contribution in [0.25, 0.3) is 0 Å². The predicted octanol–water partition coefficient (Wildman–Crippen LogP) is 3.27. The molecular formula is C12H17N. The Kier molecular flexibility index (Phi) is 2.86. The van der Waals surface area contributed by atoms with E-state index in [-0.39, 0.29) is 0 Å². The van der Waals surface area contributed by atoms with E-state index in [0.717, 1.165) is 0 Å². The monoisotopic (exact) mass is 175 g/mol. The van der Waals surface area contributed by atoms with Crippen LogP contribution in [0.1, 0.15) is 38.5 Å². The van der Waals surface area contributed by atoms with Crippen LogP contribution < -0.4 is 5.32 Å². The summed E-state index contributed by atoms with van der Waals surface area (Å²) in [6.07, 6.45) is 16.5. The van der Waals surface area contributed by atoms with E-state index in [1.54, 1.807) is 0 Å². The first kappa shape index (κ1) is 8.61. The minimum absolute atomic E-state index is 1.17. The van der Waals surface area contributed by atoms with Gasteiger partial charge in [0.15, 0.2) is 0 Å². The van der Waals surface area contributed by atoms with E-state index in [1.165, 1.54) is 49.9 Å². The van der Waals surface area contributed by atoms with Crippen LogP contribution >= 0.6 is 0 Å². The van der Waals surface area contributed by atoms with Gasteiger partial charge < -0.3 is 5.32 Å². The highest BCUT2D eigenvalue weighted by Gasteiger charge is 2.05. The molecule has 2 aliphatic rings. The molecule has 0 aromatic heterocycles. The summed E-state index contributed by atoms with van der Waals surface area (Å²) in [5, 5.41) is 3.53. The van der Waals surface area contributed by atoms with Crippen LogP contribution in [0, 0.1) is 0 Å². The maximum atomic E-state index is 3.53. The van der Waals surface area contributed by atoms with E-state index < -0.39 is 0 Å². The highest BCUT2D eigenvalue weighted by molar-refractivity contribution is 5.21. The summed E-state index contributed by atoms with van der Waals surface area (Å²) in [7, 11) is 0. The van der Waals surface area contributed by atoms with E-state index in [1.807, 2.05) is 0 Å². The first-order chi connectivity index (χ1) is 6.45. The van der Waals surface area contributed by atoms with Gasteiger partial charge in [-0.25, -0.2) is 0 Å². The van der Waals surface area contributed by atoms with Crippen molar-refractivity contribution in [2.75, 3.05) is 0 Å². The molecule has 0 bridgehead atoms. The Labute approximate surface area is 80.2 Å². The maximum absolute atomic E-state index is 3.53. The molecule has 2 aliphatic carbocycles. The Hall–Kier alpha value is -0.980. The number of allylic oxidation sites excluding steroid dienone is 6. The van der Waals surface area contributed by atoms with Gasteiger partial charge in [0.25, 0.3) is 0 Å². The van der Waals surface area contributed by atoms with Crippen molar-refractivity contribution in [3.05, 3.63) is 35.7 Å². The first-order valence-electron chi connectivity index (χ1n) is 5.27. The summed E-state index contributed by atoms with van der Waals surface area (Å²) < 4.78 is 0. The molecule has 70 valence electrons. The molecule has 0 aromatic rings. The van der Waals surface area contributed by atoms with E-state index in [9.17, 15) is 0 Å². The predicted molar refractivity (Wildman–Crippen MR) is 56.1 cm³/mol. The van der Waals surface area contributed by atoms with Crippen LogP contribution in [0.15, 0.2) is 35.7 Å². The smallest absolute Gasteiger partial charge is 0.0151 e. The summed E-state index contributed by atoms with van der Waals surface area (Å²) in [5.74, 6) is 0. The van der Waals surface area contributed by atoms with E-state index >= 15 is 0 Å². The Balaban J connectivity index is 1.92. The Morgan fingerprint density at radius 1 is 1.00 bits per heavy atom. The van der Waals surface area contributed by atoms with Crippen molar-refractivity contribution < 1.29 is 0 Å². The minimum Gasteiger partial charge on any atom is -0.363 e. The average Bonchev–Trinajstić information content (AvgIpc) is 2.21. The van der Waals surface area contributed by atoms with Gasteiger partial charge in [-0.1, -0.05) is 18.2 Å². The van der Waals surface area contributed by atoms with Gasteiger partial charge in [-0.2, -0.15) is 0 Å². The van der Waals surface area contributed by atoms with Gasteiger partial charge in [-0.3, -0.25) is 0 Å². The fourth-order valence-electron chi connectivity index (χ4n) is 1.86. The number of hydrogen-bond acceptors (Lipinski definition) is 1. The minimum atomic E-state index is 1.17. The van der Waals surface area contributed by atoms with E-state index in [4.69, 9.17) is 0 Å². The zero-order valence-corrected chi connectivity index (χ0v) is 8.05. The molecule has 1 N–H and O–H groups in total. The second kappa shape index (κ2) is 4.31. The van der Waals surface area contributed by atoms with Crippen LogP contribution in [0.3, 0.4) is 0 Å². The molecule has 0 atom stereocenters. The molecule has 0 saturated heterocycles. The molecule has 0 aliphatic heterocycles. The summed E-state index contributed by atoms with van der Waals surface area (Å²) in [6.45, 7) is 0. The molecule has 0 fully saturated rings. The van der Waals surface area contributed by atoms with Gasteiger partial charge in [0.2, 0.25) is 0 Å². The standard InChI is InChI=1S/C12H17N/c1-3-7-11(8-4-1)13-12-9-5-2-6-10-12/h1,3,7,9,13H,2,4-6,8,10H2. The van der Waals surface area contributed by atoms with Crippen molar-refractivity contribution in [2.24, 2.45) is 0 Å². The van der Waals surface area contributed by atoms with Crippen LogP contribution in [0.2, 0.25) is 0 Å². The van der Waals surface area contributed by atoms with Crippen LogP contribution in [0.4, 0.5) is 0 Å². The van der Waals surface area contributed by atoms with E-state index in [2.05, 4.69) is 29.6 Å². The quantitative estimate of drug-likeness (QED) is 0.679. The molecule has 0 unspecified atom stereocenters. The second-order valence-electron chi connectivity index (χ2n) is 3.76. The van der Waals surface area contributed by atoms with Crippen molar-refractivity contribution in [2.45, 2.75) is 38.5 Å². The Bertz CT molecular complexity index is 258. The number of nitrogens with one attached hydrogen (secondary N) is 1. The topological polar surface area (TPSA) is 12.0 Å². The van der Waals surface area contributed by atoms with Crippen LogP contribution in [-0.2, 0) is 0 Å². The molecule has 0 aromatic carbocycles. The fourth-order valence-corrected chi connectivity index (χ4v) is 1.86. The highest BCUT2D eigenvalue weighted by Crippen LogP contribution is 2.18. The van der Waals surface area contributed by atoms with Gasteiger partial charge in [0, 0.05) is 11.4 Å². The number of hydrogen-bond donors (Lipinski definition) is 1. The molecule has 0 heterocycles. The molecule has 0 spiro atoms. The third kappa shape index (κ3) is 2.48. The van der Waals surface area contributed by atoms with Crippen molar-refractivity contribution in [3.8, 4) is 0 Å². The SMILES string of the molecule is C1=CCCC(NC2=CCCCC2)=C1. The molecule has 13 heavy (non-hydrogen) atoms. The molecule has 1 nitrogen and oxygen atoms in total. The van der Waals surface area contributed by atoms with Crippen molar-refractivity contribution >= 4 is 0 Å². The van der Waals surface area contributed by atoms with Gasteiger partial charge in [-0.15, -0.1) is 0 Å². The molecule has 1 heteroatoms. The molecule has 2 rings (SSSR count). The molecular weight excluding hydrogens is 158 g/mol. The third-order valence-corrected chi connectivity index (χ3v) is 2.63. The lowest BCUT2D eigenvalue weighted by Crippen LogP contribution is -2.15. The summed E-state index contributed by atoms with van der Waals surface area (Å²) >= 11 is 0. The molecule has 0 amide bonds. The van der Waals surface area contributed by atoms with Crippen molar-refractivity contribution in [3.63, 3.8) is 0 Å². The zero-order valence-electron chi connectivity index (χ0n) is 8.05. The lowest BCUT2D eigenvalue weighted by atomic mass is 10.0.